The summed E-state index contributed by atoms with van der Waals surface area (Å²) in [6.45, 7) is 4.68. The minimum Gasteiger partial charge on any atom is -0.469 e. The van der Waals surface area contributed by atoms with Crippen LogP contribution in [0.2, 0.25) is 0 Å². The number of nitrogens with zero attached hydrogens (tertiary/aromatic N) is 2. The maximum absolute atomic E-state index is 13.9. The molecule has 3 amide bonds. The molecule has 8 heteroatoms. The molecule has 2 aromatic carbocycles. The molecule has 3 aliphatic rings. The highest BCUT2D eigenvalue weighted by atomic mass is 16.5. The number of benzene rings is 2. The summed E-state index contributed by atoms with van der Waals surface area (Å²) in [5.41, 5.74) is 1.87. The van der Waals surface area contributed by atoms with Crippen molar-refractivity contribution in [2.75, 3.05) is 25.1 Å². The highest BCUT2D eigenvalue weighted by molar-refractivity contribution is 6.24. The number of piperazine rings is 1. The van der Waals surface area contributed by atoms with Crippen LogP contribution >= 0.6 is 0 Å². The third-order valence-corrected chi connectivity index (χ3v) is 7.44. The molecule has 3 fully saturated rings. The number of hydrogen-bond acceptors (Lipinski definition) is 6. The number of rotatable bonds is 4. The van der Waals surface area contributed by atoms with Gasteiger partial charge in [0.25, 0.3) is 0 Å². The Morgan fingerprint density at radius 1 is 1.00 bits per heavy atom. The van der Waals surface area contributed by atoms with Gasteiger partial charge in [-0.15, -0.1) is 0 Å². The van der Waals surface area contributed by atoms with E-state index in [0.29, 0.717) is 18.8 Å². The highest BCUT2D eigenvalue weighted by Crippen LogP contribution is 2.57. The van der Waals surface area contributed by atoms with Gasteiger partial charge in [0.1, 0.15) is 5.54 Å². The number of aryl methyl sites for hydroxylation is 2. The highest BCUT2D eigenvalue weighted by Gasteiger charge is 2.73. The summed E-state index contributed by atoms with van der Waals surface area (Å²) in [6, 6.07) is 14.4. The molecule has 3 aliphatic heterocycles. The minimum atomic E-state index is -1.50. The molecular weight excluding hydrogens is 434 g/mol. The van der Waals surface area contributed by atoms with Crippen molar-refractivity contribution in [2.45, 2.75) is 31.8 Å². The molecular formula is C26H27N3O5. The molecule has 3 saturated heterocycles. The number of ether oxygens (including phenoxy) is 1. The molecule has 34 heavy (non-hydrogen) atoms. The van der Waals surface area contributed by atoms with Gasteiger partial charge in [0.15, 0.2) is 0 Å². The normalized spacial score (nSPS) is 28.5. The van der Waals surface area contributed by atoms with Gasteiger partial charge in [0, 0.05) is 19.1 Å². The van der Waals surface area contributed by atoms with E-state index in [-0.39, 0.29) is 12.3 Å². The first-order valence-electron chi connectivity index (χ1n) is 11.4. The Labute approximate surface area is 197 Å². The summed E-state index contributed by atoms with van der Waals surface area (Å²) in [5, 5.41) is 2.84. The van der Waals surface area contributed by atoms with Crippen LogP contribution in [-0.2, 0) is 23.9 Å². The summed E-state index contributed by atoms with van der Waals surface area (Å²) in [4.78, 5) is 57.0. The van der Waals surface area contributed by atoms with Gasteiger partial charge in [-0.05, 0) is 31.5 Å². The summed E-state index contributed by atoms with van der Waals surface area (Å²) in [5.74, 6) is -3.63. The molecule has 0 bridgehead atoms. The van der Waals surface area contributed by atoms with E-state index < -0.39 is 41.2 Å². The van der Waals surface area contributed by atoms with Crippen LogP contribution in [0.1, 0.15) is 29.2 Å². The first kappa shape index (κ1) is 22.3. The van der Waals surface area contributed by atoms with Crippen LogP contribution in [0, 0.1) is 25.7 Å². The number of nitrogens with one attached hydrogen (secondary N) is 1. The number of amides is 3. The van der Waals surface area contributed by atoms with Crippen LogP contribution < -0.4 is 10.2 Å². The Kier molecular flexibility index (Phi) is 5.28. The number of anilines is 1. The fourth-order valence-electron chi connectivity index (χ4n) is 5.87. The van der Waals surface area contributed by atoms with Crippen molar-refractivity contribution in [1.29, 1.82) is 0 Å². The summed E-state index contributed by atoms with van der Waals surface area (Å²) >= 11 is 0. The number of fused-ring (bicyclic) bond motifs is 3. The van der Waals surface area contributed by atoms with Gasteiger partial charge in [0.05, 0.1) is 31.1 Å². The Balaban J connectivity index is 1.70. The van der Waals surface area contributed by atoms with Gasteiger partial charge >= 0.3 is 5.97 Å². The van der Waals surface area contributed by atoms with E-state index in [0.717, 1.165) is 16.7 Å². The smallest absolute Gasteiger partial charge is 0.307 e. The fourth-order valence-corrected chi connectivity index (χ4v) is 5.87. The second kappa shape index (κ2) is 8.06. The third kappa shape index (κ3) is 3.09. The predicted octanol–water partition coefficient (Wildman–Crippen LogP) is 1.90. The summed E-state index contributed by atoms with van der Waals surface area (Å²) in [7, 11) is 1.26. The van der Waals surface area contributed by atoms with Gasteiger partial charge in [-0.25, -0.2) is 4.90 Å². The van der Waals surface area contributed by atoms with Crippen molar-refractivity contribution in [3.63, 3.8) is 0 Å². The standard InChI is InChI=1S/C26H27N3O5/c1-15-4-8-17(9-5-15)22-20-21(24(32)29(23(20)31)18-10-6-16(2)7-11-18)26(14-19(30)34-3)25(33)27-12-13-28(22)26/h4-11,20-22H,12-14H2,1-3H3,(H,27,33)/t20-,21-,22+,26-/m0/s1. The zero-order chi connectivity index (χ0) is 24.2. The third-order valence-electron chi connectivity index (χ3n) is 7.44. The molecule has 1 N–H and O–H groups in total. The Morgan fingerprint density at radius 3 is 2.24 bits per heavy atom. The molecule has 0 spiro atoms. The van der Waals surface area contributed by atoms with Gasteiger partial charge in [-0.1, -0.05) is 47.5 Å². The first-order chi connectivity index (χ1) is 16.3. The zero-order valence-electron chi connectivity index (χ0n) is 19.4. The van der Waals surface area contributed by atoms with Gasteiger partial charge in [-0.2, -0.15) is 0 Å². The van der Waals surface area contributed by atoms with Crippen molar-refractivity contribution >= 4 is 29.4 Å². The SMILES string of the molecule is COC(=O)C[C@]12C(=O)NCCN1[C@H](c1ccc(C)cc1)[C@H]1C(=O)N(c3ccc(C)cc3)C(=O)[C@H]12. The van der Waals surface area contributed by atoms with E-state index in [4.69, 9.17) is 4.74 Å². The maximum atomic E-state index is 13.9. The number of hydrogen-bond donors (Lipinski definition) is 1. The first-order valence-corrected chi connectivity index (χ1v) is 11.4. The number of carbonyl (C=O) groups is 4. The quantitative estimate of drug-likeness (QED) is 0.552. The Bertz CT molecular complexity index is 1180. The molecule has 4 atom stereocenters. The van der Waals surface area contributed by atoms with E-state index in [1.807, 2.05) is 55.1 Å². The lowest BCUT2D eigenvalue weighted by Crippen LogP contribution is -2.67. The molecule has 8 nitrogen and oxygen atoms in total. The lowest BCUT2D eigenvalue weighted by molar-refractivity contribution is -0.154. The second-order valence-corrected chi connectivity index (χ2v) is 9.33. The Morgan fingerprint density at radius 2 is 1.62 bits per heavy atom. The average molecular weight is 462 g/mol. The number of methoxy groups -OCH3 is 1. The van der Waals surface area contributed by atoms with Crippen LogP contribution in [0.25, 0.3) is 0 Å². The van der Waals surface area contributed by atoms with Gasteiger partial charge in [-0.3, -0.25) is 24.1 Å². The van der Waals surface area contributed by atoms with Crippen LogP contribution in [0.3, 0.4) is 0 Å². The van der Waals surface area contributed by atoms with Crippen LogP contribution in [0.5, 0.6) is 0 Å². The molecule has 176 valence electrons. The monoisotopic (exact) mass is 461 g/mol. The van der Waals surface area contributed by atoms with Crippen molar-refractivity contribution in [3.8, 4) is 0 Å². The zero-order valence-corrected chi connectivity index (χ0v) is 19.4. The lowest BCUT2D eigenvalue weighted by atomic mass is 9.76. The minimum absolute atomic E-state index is 0.306. The number of imide groups is 1. The van der Waals surface area contributed by atoms with E-state index in [2.05, 4.69) is 5.32 Å². The van der Waals surface area contributed by atoms with Crippen LogP contribution in [-0.4, -0.2) is 54.3 Å². The van der Waals surface area contributed by atoms with Crippen molar-refractivity contribution in [3.05, 3.63) is 65.2 Å². The van der Waals surface area contributed by atoms with E-state index in [9.17, 15) is 19.2 Å². The van der Waals surface area contributed by atoms with Crippen LogP contribution in [0.4, 0.5) is 5.69 Å². The fraction of sp³-hybridized carbons (Fsp3) is 0.385. The second-order valence-electron chi connectivity index (χ2n) is 9.33. The largest absolute Gasteiger partial charge is 0.469 e. The van der Waals surface area contributed by atoms with Gasteiger partial charge < -0.3 is 10.1 Å². The topological polar surface area (TPSA) is 96.0 Å². The molecule has 0 aliphatic carbocycles. The van der Waals surface area contributed by atoms with Crippen molar-refractivity contribution < 1.29 is 23.9 Å². The van der Waals surface area contributed by atoms with E-state index in [1.165, 1.54) is 12.0 Å². The van der Waals surface area contributed by atoms with E-state index in [1.54, 1.807) is 12.1 Å². The average Bonchev–Trinajstić information content (AvgIpc) is 3.26. The molecule has 5 rings (SSSR count). The number of carbonyl (C=O) groups excluding carboxylic acids is 4. The Hall–Kier alpha value is -3.52. The molecule has 3 heterocycles. The molecule has 2 aromatic rings. The molecule has 0 unspecified atom stereocenters. The van der Waals surface area contributed by atoms with E-state index >= 15 is 0 Å². The molecule has 0 saturated carbocycles. The van der Waals surface area contributed by atoms with Crippen LogP contribution in [0.15, 0.2) is 48.5 Å². The lowest BCUT2D eigenvalue weighted by Gasteiger charge is -2.45. The summed E-state index contributed by atoms with van der Waals surface area (Å²) < 4.78 is 4.94. The van der Waals surface area contributed by atoms with Crippen molar-refractivity contribution in [1.82, 2.24) is 10.2 Å². The summed E-state index contributed by atoms with van der Waals surface area (Å²) in [6.07, 6.45) is -0.306. The van der Waals surface area contributed by atoms with Crippen molar-refractivity contribution in [2.24, 2.45) is 11.8 Å². The maximum Gasteiger partial charge on any atom is 0.307 e. The predicted molar refractivity (Wildman–Crippen MR) is 124 cm³/mol. The number of esters is 1. The molecule has 0 aromatic heterocycles. The van der Waals surface area contributed by atoms with Gasteiger partial charge in [0.2, 0.25) is 17.7 Å². The molecule has 0 radical (unpaired) electrons.